The number of rotatable bonds is 3. The Hall–Kier alpha value is -2.51. The molecule has 138 valence electrons. The summed E-state index contributed by atoms with van der Waals surface area (Å²) in [6.07, 6.45) is 10.1. The van der Waals surface area contributed by atoms with E-state index < -0.39 is 0 Å². The van der Waals surface area contributed by atoms with E-state index >= 15 is 0 Å². The van der Waals surface area contributed by atoms with Crippen LogP contribution in [0.15, 0.2) is 43.0 Å². The standard InChI is InChI=1S/C20H22N6O/c1-2-17-11-24(10-16(1)26(17)18-12-27-13-18)19-4-6-23-25-9-15(7-20(19)25)14-3-5-21-22-8-14/h3-9,16-18H,1-2,10-13H2. The molecule has 0 aromatic carbocycles. The Kier molecular flexibility index (Phi) is 3.45. The van der Waals surface area contributed by atoms with Crippen molar-refractivity contribution >= 4 is 11.2 Å². The SMILES string of the molecule is c1cc(-c2cc3c(N4CC5CCC(C4)N5C4COC4)ccnn3c2)cnn1. The second-order valence-electron chi connectivity index (χ2n) is 7.83. The monoisotopic (exact) mass is 362 g/mol. The third-order valence-corrected chi connectivity index (χ3v) is 6.33. The van der Waals surface area contributed by atoms with Gasteiger partial charge in [-0.25, -0.2) is 4.52 Å². The van der Waals surface area contributed by atoms with Crippen LogP contribution in [-0.4, -0.2) is 69.1 Å². The van der Waals surface area contributed by atoms with Gasteiger partial charge in [0.2, 0.25) is 0 Å². The lowest BCUT2D eigenvalue weighted by Crippen LogP contribution is -2.62. The molecular weight excluding hydrogens is 340 g/mol. The van der Waals surface area contributed by atoms with E-state index in [2.05, 4.69) is 43.4 Å². The maximum Gasteiger partial charge on any atom is 0.0886 e. The van der Waals surface area contributed by atoms with Gasteiger partial charge in [0.25, 0.3) is 0 Å². The first-order chi connectivity index (χ1) is 13.4. The summed E-state index contributed by atoms with van der Waals surface area (Å²) in [5.41, 5.74) is 4.62. The van der Waals surface area contributed by atoms with Gasteiger partial charge in [-0.2, -0.15) is 15.3 Å². The molecule has 3 aliphatic heterocycles. The van der Waals surface area contributed by atoms with Crippen LogP contribution in [-0.2, 0) is 4.74 Å². The number of aromatic nitrogens is 4. The predicted octanol–water partition coefficient (Wildman–Crippen LogP) is 1.84. The summed E-state index contributed by atoms with van der Waals surface area (Å²) in [5, 5.41) is 12.4. The Morgan fingerprint density at radius 3 is 2.48 bits per heavy atom. The topological polar surface area (TPSA) is 58.8 Å². The fourth-order valence-corrected chi connectivity index (χ4v) is 5.01. The summed E-state index contributed by atoms with van der Waals surface area (Å²) in [5.74, 6) is 0. The molecule has 0 saturated carbocycles. The normalized spacial score (nSPS) is 25.9. The van der Waals surface area contributed by atoms with Crippen LogP contribution < -0.4 is 4.90 Å². The molecule has 6 rings (SSSR count). The highest BCUT2D eigenvalue weighted by Gasteiger charge is 2.45. The molecule has 7 heteroatoms. The summed E-state index contributed by atoms with van der Waals surface area (Å²) in [7, 11) is 0. The van der Waals surface area contributed by atoms with Crippen LogP contribution in [0.25, 0.3) is 16.6 Å². The van der Waals surface area contributed by atoms with Crippen molar-refractivity contribution in [3.63, 3.8) is 0 Å². The molecule has 3 aromatic heterocycles. The second-order valence-corrected chi connectivity index (χ2v) is 7.83. The number of fused-ring (bicyclic) bond motifs is 3. The first-order valence-corrected chi connectivity index (χ1v) is 9.71. The average molecular weight is 362 g/mol. The Balaban J connectivity index is 1.34. The number of hydrogen-bond donors (Lipinski definition) is 0. The van der Waals surface area contributed by atoms with Crippen molar-refractivity contribution in [1.82, 2.24) is 24.7 Å². The lowest BCUT2D eigenvalue weighted by atomic mass is 10.1. The first kappa shape index (κ1) is 15.5. The smallest absolute Gasteiger partial charge is 0.0886 e. The van der Waals surface area contributed by atoms with Gasteiger partial charge < -0.3 is 9.64 Å². The molecular formula is C20H22N6O. The Morgan fingerprint density at radius 2 is 1.78 bits per heavy atom. The van der Waals surface area contributed by atoms with Gasteiger partial charge in [-0.3, -0.25) is 4.90 Å². The molecule has 2 unspecified atom stereocenters. The maximum absolute atomic E-state index is 5.45. The lowest BCUT2D eigenvalue weighted by Gasteiger charge is -2.48. The molecule has 0 aliphatic carbocycles. The maximum atomic E-state index is 5.45. The summed E-state index contributed by atoms with van der Waals surface area (Å²) >= 11 is 0. The Labute approximate surface area is 157 Å². The van der Waals surface area contributed by atoms with Gasteiger partial charge in [0.05, 0.1) is 42.9 Å². The third kappa shape index (κ3) is 2.45. The average Bonchev–Trinajstić information content (AvgIpc) is 3.19. The molecule has 0 amide bonds. The fourth-order valence-electron chi connectivity index (χ4n) is 5.01. The van der Waals surface area contributed by atoms with Crippen molar-refractivity contribution in [3.05, 3.63) is 43.0 Å². The van der Waals surface area contributed by atoms with Crippen LogP contribution in [0.2, 0.25) is 0 Å². The van der Waals surface area contributed by atoms with Gasteiger partial charge in [0.1, 0.15) is 0 Å². The van der Waals surface area contributed by atoms with E-state index in [9.17, 15) is 0 Å². The van der Waals surface area contributed by atoms with Gasteiger partial charge >= 0.3 is 0 Å². The van der Waals surface area contributed by atoms with E-state index in [0.717, 1.165) is 42.9 Å². The highest BCUT2D eigenvalue weighted by Crippen LogP contribution is 2.37. The third-order valence-electron chi connectivity index (χ3n) is 6.33. The number of piperazine rings is 1. The quantitative estimate of drug-likeness (QED) is 0.709. The molecule has 0 N–H and O–H groups in total. The summed E-state index contributed by atoms with van der Waals surface area (Å²) in [4.78, 5) is 5.30. The lowest BCUT2D eigenvalue weighted by molar-refractivity contribution is -0.0850. The van der Waals surface area contributed by atoms with Gasteiger partial charge in [0.15, 0.2) is 0 Å². The summed E-state index contributed by atoms with van der Waals surface area (Å²) < 4.78 is 7.44. The van der Waals surface area contributed by atoms with Crippen LogP contribution in [0.3, 0.4) is 0 Å². The van der Waals surface area contributed by atoms with Crippen molar-refractivity contribution in [1.29, 1.82) is 0 Å². The molecule has 6 heterocycles. The van der Waals surface area contributed by atoms with Crippen molar-refractivity contribution in [3.8, 4) is 11.1 Å². The van der Waals surface area contributed by atoms with Crippen molar-refractivity contribution in [2.45, 2.75) is 31.0 Å². The molecule has 7 nitrogen and oxygen atoms in total. The van der Waals surface area contributed by atoms with Gasteiger partial charge in [-0.1, -0.05) is 0 Å². The van der Waals surface area contributed by atoms with Crippen molar-refractivity contribution in [2.24, 2.45) is 0 Å². The summed E-state index contributed by atoms with van der Waals surface area (Å²) in [6.45, 7) is 4.00. The van der Waals surface area contributed by atoms with E-state index in [1.807, 2.05) is 16.8 Å². The van der Waals surface area contributed by atoms with E-state index in [1.54, 1.807) is 12.4 Å². The zero-order valence-corrected chi connectivity index (χ0v) is 15.1. The molecule has 27 heavy (non-hydrogen) atoms. The second kappa shape index (κ2) is 6.00. The molecule has 3 aliphatic rings. The molecule has 2 bridgehead atoms. The number of ether oxygens (including phenoxy) is 1. The Morgan fingerprint density at radius 1 is 0.926 bits per heavy atom. The van der Waals surface area contributed by atoms with Crippen molar-refractivity contribution in [2.75, 3.05) is 31.2 Å². The molecule has 3 saturated heterocycles. The zero-order chi connectivity index (χ0) is 17.8. The first-order valence-electron chi connectivity index (χ1n) is 9.71. The van der Waals surface area contributed by atoms with E-state index in [1.165, 1.54) is 18.5 Å². The van der Waals surface area contributed by atoms with Crippen molar-refractivity contribution < 1.29 is 4.74 Å². The van der Waals surface area contributed by atoms with Gasteiger partial charge in [-0.05, 0) is 31.0 Å². The summed E-state index contributed by atoms with van der Waals surface area (Å²) in [6, 6.07) is 8.29. The number of hydrogen-bond acceptors (Lipinski definition) is 6. The minimum Gasteiger partial charge on any atom is -0.378 e. The molecule has 0 spiro atoms. The number of anilines is 1. The molecule has 3 fully saturated rings. The molecule has 0 radical (unpaired) electrons. The Bertz CT molecular complexity index is 955. The largest absolute Gasteiger partial charge is 0.378 e. The molecule has 2 atom stereocenters. The minimum atomic E-state index is 0.640. The predicted molar refractivity (Wildman–Crippen MR) is 102 cm³/mol. The van der Waals surface area contributed by atoms with Gasteiger partial charge in [-0.15, -0.1) is 0 Å². The van der Waals surface area contributed by atoms with Crippen LogP contribution in [0.4, 0.5) is 5.69 Å². The molecule has 3 aromatic rings. The zero-order valence-electron chi connectivity index (χ0n) is 15.1. The van der Waals surface area contributed by atoms with E-state index in [-0.39, 0.29) is 0 Å². The van der Waals surface area contributed by atoms with E-state index in [4.69, 9.17) is 4.74 Å². The van der Waals surface area contributed by atoms with Crippen LogP contribution in [0.5, 0.6) is 0 Å². The van der Waals surface area contributed by atoms with Gasteiger partial charge in [0, 0.05) is 48.7 Å². The highest BCUT2D eigenvalue weighted by atomic mass is 16.5. The number of nitrogens with zero attached hydrogens (tertiary/aromatic N) is 6. The fraction of sp³-hybridized carbons (Fsp3) is 0.450. The van der Waals surface area contributed by atoms with Crippen LogP contribution in [0.1, 0.15) is 12.8 Å². The van der Waals surface area contributed by atoms with Crippen LogP contribution in [0, 0.1) is 0 Å². The highest BCUT2D eigenvalue weighted by molar-refractivity contribution is 5.79. The van der Waals surface area contributed by atoms with E-state index in [0.29, 0.717) is 18.1 Å². The van der Waals surface area contributed by atoms with Crippen LogP contribution >= 0.6 is 0 Å². The minimum absolute atomic E-state index is 0.640.